The zero-order valence-corrected chi connectivity index (χ0v) is 11.6. The van der Waals surface area contributed by atoms with Crippen molar-refractivity contribution in [3.8, 4) is 0 Å². The first-order valence-electron chi connectivity index (χ1n) is 0. The third-order valence-corrected chi connectivity index (χ3v) is 0. The molecule has 0 aromatic rings. The van der Waals surface area contributed by atoms with E-state index in [2.05, 4.69) is 0 Å². The van der Waals surface area contributed by atoms with E-state index < -0.39 is 0 Å². The first kappa shape index (κ1) is 59.5. The van der Waals surface area contributed by atoms with Gasteiger partial charge in [-0.1, -0.05) is 0 Å². The SMILES string of the molecule is O.O.[Ba+2].[Co].[Fe].[H-].[H-].[Nb]. The maximum atomic E-state index is 0. The molecule has 0 rings (SSSR count). The normalized spacial score (nSPS) is 0. The van der Waals surface area contributed by atoms with Crippen LogP contribution < -0.4 is 0 Å². The minimum atomic E-state index is 0. The topological polar surface area (TPSA) is 63.0 Å². The number of hydrogen-bond donors (Lipinski definition) is 0. The van der Waals surface area contributed by atoms with Crippen LogP contribution in [0.1, 0.15) is 2.85 Å². The zero-order chi connectivity index (χ0) is 0. The molecule has 42 valence electrons. The molecule has 6 heteroatoms. The van der Waals surface area contributed by atoms with Gasteiger partial charge in [0, 0.05) is 56.2 Å². The summed E-state index contributed by atoms with van der Waals surface area (Å²) in [4.78, 5) is 0. The van der Waals surface area contributed by atoms with Crippen molar-refractivity contribution in [2.24, 2.45) is 0 Å². The predicted octanol–water partition coefficient (Wildman–Crippen LogP) is -1.81. The van der Waals surface area contributed by atoms with Crippen LogP contribution in [0.15, 0.2) is 0 Å². The zero-order valence-electron chi connectivity index (χ0n) is 4.84. The summed E-state index contributed by atoms with van der Waals surface area (Å²) in [6, 6.07) is 0. The standard InChI is InChI=1S/Ba.Co.Fe.Nb.2H2O.2H/h;;;;2*1H2;;/q+2;;;;;;2*-1. The molecule has 0 heterocycles. The fourth-order valence-electron chi connectivity index (χ4n) is 0. The van der Waals surface area contributed by atoms with E-state index in [1.165, 1.54) is 0 Å². The Bertz CT molecular complexity index is 20.0. The molecule has 6 heavy (non-hydrogen) atoms. The molecule has 0 saturated heterocycles. The van der Waals surface area contributed by atoms with Crippen LogP contribution in [0.3, 0.4) is 0 Å². The van der Waals surface area contributed by atoms with Crippen molar-refractivity contribution in [1.29, 1.82) is 0 Å². The van der Waals surface area contributed by atoms with Crippen LogP contribution >= 0.6 is 0 Å². The minimum absolute atomic E-state index is 0. The quantitative estimate of drug-likeness (QED) is 0.443. The number of rotatable bonds is 0. The van der Waals surface area contributed by atoms with Crippen molar-refractivity contribution >= 4 is 48.9 Å². The second-order valence-corrected chi connectivity index (χ2v) is 0. The molecule has 0 aromatic carbocycles. The van der Waals surface area contributed by atoms with E-state index in [4.69, 9.17) is 0 Å². The average Bonchev–Trinajstić information content (AvgIpc) is 0. The number of hydrogen-bond acceptors (Lipinski definition) is 0. The smallest absolute Gasteiger partial charge is 1.00 e. The third-order valence-electron chi connectivity index (χ3n) is 0. The van der Waals surface area contributed by atoms with E-state index in [-0.39, 0.29) is 119 Å². The summed E-state index contributed by atoms with van der Waals surface area (Å²) in [7, 11) is 0. The van der Waals surface area contributed by atoms with Crippen molar-refractivity contribution < 1.29 is 70.0 Å². The molecule has 0 aliphatic carbocycles. The second-order valence-electron chi connectivity index (χ2n) is 0. The molecule has 0 spiro atoms. The Hall–Kier alpha value is 3.26. The molecule has 0 aromatic heterocycles. The molecule has 0 aliphatic rings. The van der Waals surface area contributed by atoms with Crippen LogP contribution in [0, 0.1) is 0 Å². The van der Waals surface area contributed by atoms with Crippen LogP contribution in [-0.2, 0) is 56.2 Å². The fourth-order valence-corrected chi connectivity index (χ4v) is 0. The molecule has 0 fully saturated rings. The summed E-state index contributed by atoms with van der Waals surface area (Å²) in [5.74, 6) is 0. The van der Waals surface area contributed by atoms with Gasteiger partial charge in [-0.3, -0.25) is 0 Å². The summed E-state index contributed by atoms with van der Waals surface area (Å²) in [6.45, 7) is 0. The first-order chi connectivity index (χ1) is 0. The molecule has 0 aliphatic heterocycles. The molecule has 0 saturated carbocycles. The van der Waals surface area contributed by atoms with Gasteiger partial charge in [-0.05, 0) is 0 Å². The Morgan fingerprint density at radius 1 is 1.00 bits per heavy atom. The Morgan fingerprint density at radius 2 is 1.00 bits per heavy atom. The van der Waals surface area contributed by atoms with Crippen LogP contribution in [0.25, 0.3) is 0 Å². The third kappa shape index (κ3) is 26.8. The summed E-state index contributed by atoms with van der Waals surface area (Å²) in [5, 5.41) is 0. The van der Waals surface area contributed by atoms with Gasteiger partial charge in [0.15, 0.2) is 0 Å². The molecular formula is H6BaCoFeNbO2. The van der Waals surface area contributed by atoms with Gasteiger partial charge >= 0.3 is 48.9 Å². The van der Waals surface area contributed by atoms with Crippen LogP contribution in [-0.4, -0.2) is 59.8 Å². The van der Waals surface area contributed by atoms with Gasteiger partial charge in [0.2, 0.25) is 0 Å². The van der Waals surface area contributed by atoms with E-state index in [1.807, 2.05) is 0 Å². The van der Waals surface area contributed by atoms with Crippen LogP contribution in [0.4, 0.5) is 0 Å². The van der Waals surface area contributed by atoms with Gasteiger partial charge in [0.05, 0.1) is 0 Å². The van der Waals surface area contributed by atoms with Crippen molar-refractivity contribution in [2.75, 3.05) is 0 Å². The molecule has 2 radical (unpaired) electrons. The molecule has 4 N–H and O–H groups in total. The van der Waals surface area contributed by atoms with E-state index in [9.17, 15) is 0 Å². The average molecular weight is 383 g/mol. The summed E-state index contributed by atoms with van der Waals surface area (Å²) < 4.78 is 0. The van der Waals surface area contributed by atoms with Crippen molar-refractivity contribution in [2.45, 2.75) is 0 Å². The minimum Gasteiger partial charge on any atom is -1.00 e. The van der Waals surface area contributed by atoms with Gasteiger partial charge in [0.25, 0.3) is 0 Å². The van der Waals surface area contributed by atoms with Gasteiger partial charge in [-0.15, -0.1) is 0 Å². The van der Waals surface area contributed by atoms with Crippen molar-refractivity contribution in [1.82, 2.24) is 0 Å². The van der Waals surface area contributed by atoms with Crippen molar-refractivity contribution in [3.63, 3.8) is 0 Å². The Balaban J connectivity index is 0. The van der Waals surface area contributed by atoms with Crippen LogP contribution in [0.5, 0.6) is 0 Å². The monoisotopic (exact) mass is 384 g/mol. The molecule has 2 nitrogen and oxygen atoms in total. The van der Waals surface area contributed by atoms with Gasteiger partial charge in [0.1, 0.15) is 0 Å². The van der Waals surface area contributed by atoms with Crippen LogP contribution in [0.2, 0.25) is 0 Å². The Labute approximate surface area is 116 Å². The van der Waals surface area contributed by atoms with E-state index >= 15 is 0 Å². The van der Waals surface area contributed by atoms with Gasteiger partial charge < -0.3 is 13.8 Å². The van der Waals surface area contributed by atoms with E-state index in [0.29, 0.717) is 0 Å². The maximum Gasteiger partial charge on any atom is 2.00 e. The predicted molar refractivity (Wildman–Crippen MR) is 15.2 cm³/mol. The summed E-state index contributed by atoms with van der Waals surface area (Å²) >= 11 is 0. The van der Waals surface area contributed by atoms with Crippen molar-refractivity contribution in [3.05, 3.63) is 0 Å². The summed E-state index contributed by atoms with van der Waals surface area (Å²) in [6.07, 6.45) is 0. The van der Waals surface area contributed by atoms with E-state index in [0.717, 1.165) is 0 Å². The molecular weight excluding hydrogens is 377 g/mol. The summed E-state index contributed by atoms with van der Waals surface area (Å²) in [5.41, 5.74) is 0. The van der Waals surface area contributed by atoms with E-state index in [1.54, 1.807) is 0 Å². The maximum absolute atomic E-state index is 0. The van der Waals surface area contributed by atoms with Gasteiger partial charge in [-0.25, -0.2) is 0 Å². The second kappa shape index (κ2) is 41.0. The van der Waals surface area contributed by atoms with Gasteiger partial charge in [-0.2, -0.15) is 0 Å². The fraction of sp³-hybridized carbons (Fsp3) is 0. The first-order valence-corrected chi connectivity index (χ1v) is 0. The molecule has 0 bridgehead atoms. The molecule has 0 amide bonds. The molecule has 0 atom stereocenters. The Morgan fingerprint density at radius 3 is 1.00 bits per heavy atom. The molecule has 0 unspecified atom stereocenters. The Kier molecular flexibility index (Phi) is 406. The largest absolute Gasteiger partial charge is 2.00 e.